The van der Waals surface area contributed by atoms with Crippen molar-refractivity contribution in [3.8, 4) is 5.75 Å². The summed E-state index contributed by atoms with van der Waals surface area (Å²) >= 11 is 0. The van der Waals surface area contributed by atoms with Gasteiger partial charge in [0.25, 0.3) is 0 Å². The SMILES string of the molecule is COc1cccc([C@H](CN)N2CCCC2)c1. The van der Waals surface area contributed by atoms with Crippen LogP contribution in [0.4, 0.5) is 0 Å². The van der Waals surface area contributed by atoms with Crippen LogP contribution in [-0.2, 0) is 0 Å². The summed E-state index contributed by atoms with van der Waals surface area (Å²) in [5, 5.41) is 0. The fraction of sp³-hybridized carbons (Fsp3) is 0.538. The van der Waals surface area contributed by atoms with Crippen LogP contribution in [0.2, 0.25) is 0 Å². The van der Waals surface area contributed by atoms with Crippen molar-refractivity contribution in [2.24, 2.45) is 5.73 Å². The highest BCUT2D eigenvalue weighted by atomic mass is 16.5. The number of methoxy groups -OCH3 is 1. The molecule has 0 aliphatic carbocycles. The molecule has 0 bridgehead atoms. The number of likely N-dealkylation sites (tertiary alicyclic amines) is 1. The van der Waals surface area contributed by atoms with Gasteiger partial charge in [-0.25, -0.2) is 0 Å². The van der Waals surface area contributed by atoms with Crippen LogP contribution in [0.15, 0.2) is 24.3 Å². The molecule has 16 heavy (non-hydrogen) atoms. The number of nitrogens with two attached hydrogens (primary N) is 1. The Morgan fingerprint density at radius 1 is 1.38 bits per heavy atom. The second-order valence-electron chi connectivity index (χ2n) is 4.27. The lowest BCUT2D eigenvalue weighted by Gasteiger charge is -2.26. The molecule has 1 saturated heterocycles. The van der Waals surface area contributed by atoms with Crippen molar-refractivity contribution in [1.82, 2.24) is 4.90 Å². The Kier molecular flexibility index (Phi) is 3.80. The van der Waals surface area contributed by atoms with E-state index >= 15 is 0 Å². The first-order chi connectivity index (χ1) is 7.85. The van der Waals surface area contributed by atoms with E-state index < -0.39 is 0 Å². The molecule has 3 nitrogen and oxygen atoms in total. The van der Waals surface area contributed by atoms with Crippen molar-refractivity contribution in [1.29, 1.82) is 0 Å². The molecule has 0 unspecified atom stereocenters. The lowest BCUT2D eigenvalue weighted by Crippen LogP contribution is -2.31. The Hall–Kier alpha value is -1.06. The molecule has 2 rings (SSSR count). The fourth-order valence-electron chi connectivity index (χ4n) is 2.40. The zero-order valence-electron chi connectivity index (χ0n) is 9.86. The third-order valence-electron chi connectivity index (χ3n) is 3.28. The monoisotopic (exact) mass is 220 g/mol. The fourth-order valence-corrected chi connectivity index (χ4v) is 2.40. The van der Waals surface area contributed by atoms with E-state index in [2.05, 4.69) is 17.0 Å². The summed E-state index contributed by atoms with van der Waals surface area (Å²) in [5.41, 5.74) is 7.16. The Morgan fingerprint density at radius 3 is 2.75 bits per heavy atom. The van der Waals surface area contributed by atoms with Gasteiger partial charge in [0, 0.05) is 12.6 Å². The van der Waals surface area contributed by atoms with Crippen molar-refractivity contribution in [2.45, 2.75) is 18.9 Å². The average Bonchev–Trinajstić information content (AvgIpc) is 2.84. The van der Waals surface area contributed by atoms with Crippen LogP contribution in [0.25, 0.3) is 0 Å². The number of hydrogen-bond donors (Lipinski definition) is 1. The number of hydrogen-bond acceptors (Lipinski definition) is 3. The molecule has 1 aromatic carbocycles. The van der Waals surface area contributed by atoms with Crippen LogP contribution < -0.4 is 10.5 Å². The molecule has 1 fully saturated rings. The van der Waals surface area contributed by atoms with Gasteiger partial charge in [0.1, 0.15) is 5.75 Å². The van der Waals surface area contributed by atoms with Crippen molar-refractivity contribution < 1.29 is 4.74 Å². The van der Waals surface area contributed by atoms with Crippen LogP contribution >= 0.6 is 0 Å². The van der Waals surface area contributed by atoms with Gasteiger partial charge in [-0.15, -0.1) is 0 Å². The molecule has 1 aliphatic rings. The van der Waals surface area contributed by atoms with Gasteiger partial charge in [0.05, 0.1) is 7.11 Å². The van der Waals surface area contributed by atoms with E-state index in [-0.39, 0.29) is 0 Å². The smallest absolute Gasteiger partial charge is 0.119 e. The van der Waals surface area contributed by atoms with Crippen LogP contribution in [0.5, 0.6) is 5.75 Å². The second kappa shape index (κ2) is 5.32. The quantitative estimate of drug-likeness (QED) is 0.840. The number of rotatable bonds is 4. The van der Waals surface area contributed by atoms with Crippen LogP contribution in [-0.4, -0.2) is 31.6 Å². The minimum atomic E-state index is 0.345. The maximum Gasteiger partial charge on any atom is 0.119 e. The molecule has 1 aliphatic heterocycles. The van der Waals surface area contributed by atoms with E-state index in [0.717, 1.165) is 5.75 Å². The van der Waals surface area contributed by atoms with Crippen molar-refractivity contribution in [2.75, 3.05) is 26.7 Å². The van der Waals surface area contributed by atoms with Gasteiger partial charge in [-0.05, 0) is 43.6 Å². The first kappa shape index (κ1) is 11.4. The second-order valence-corrected chi connectivity index (χ2v) is 4.27. The Morgan fingerprint density at radius 2 is 2.12 bits per heavy atom. The third-order valence-corrected chi connectivity index (χ3v) is 3.28. The molecular formula is C13H20N2O. The lowest BCUT2D eigenvalue weighted by atomic mass is 10.1. The van der Waals surface area contributed by atoms with Crippen LogP contribution in [0.3, 0.4) is 0 Å². The molecule has 0 aromatic heterocycles. The molecule has 3 heteroatoms. The largest absolute Gasteiger partial charge is 0.497 e. The van der Waals surface area contributed by atoms with Crippen LogP contribution in [0.1, 0.15) is 24.4 Å². The van der Waals surface area contributed by atoms with Gasteiger partial charge in [0.15, 0.2) is 0 Å². The van der Waals surface area contributed by atoms with E-state index in [1.807, 2.05) is 12.1 Å². The lowest BCUT2D eigenvalue weighted by molar-refractivity contribution is 0.251. The van der Waals surface area contributed by atoms with E-state index in [9.17, 15) is 0 Å². The van der Waals surface area contributed by atoms with Crippen molar-refractivity contribution in [3.63, 3.8) is 0 Å². The molecule has 0 amide bonds. The summed E-state index contributed by atoms with van der Waals surface area (Å²) in [6, 6.07) is 8.58. The van der Waals surface area contributed by atoms with Gasteiger partial charge in [-0.3, -0.25) is 4.90 Å². The van der Waals surface area contributed by atoms with E-state index in [4.69, 9.17) is 10.5 Å². The van der Waals surface area contributed by atoms with Crippen LogP contribution in [0, 0.1) is 0 Å². The third kappa shape index (κ3) is 2.36. The first-order valence-corrected chi connectivity index (χ1v) is 5.93. The highest BCUT2D eigenvalue weighted by Gasteiger charge is 2.22. The molecule has 0 saturated carbocycles. The molecule has 1 heterocycles. The Bertz CT molecular complexity index is 334. The molecule has 1 atom stereocenters. The normalized spacial score (nSPS) is 18.6. The summed E-state index contributed by atoms with van der Waals surface area (Å²) in [6.45, 7) is 3.01. The summed E-state index contributed by atoms with van der Waals surface area (Å²) in [4.78, 5) is 2.47. The summed E-state index contributed by atoms with van der Waals surface area (Å²) in [6.07, 6.45) is 2.58. The maximum absolute atomic E-state index is 5.89. The molecule has 88 valence electrons. The highest BCUT2D eigenvalue weighted by Crippen LogP contribution is 2.26. The predicted octanol–water partition coefficient (Wildman–Crippen LogP) is 1.79. The van der Waals surface area contributed by atoms with Crippen molar-refractivity contribution in [3.05, 3.63) is 29.8 Å². The zero-order valence-corrected chi connectivity index (χ0v) is 9.86. The van der Waals surface area contributed by atoms with Gasteiger partial charge < -0.3 is 10.5 Å². The zero-order chi connectivity index (χ0) is 11.4. The molecule has 0 radical (unpaired) electrons. The molecule has 1 aromatic rings. The molecule has 0 spiro atoms. The minimum absolute atomic E-state index is 0.345. The Balaban J connectivity index is 2.18. The standard InChI is InChI=1S/C13H20N2O/c1-16-12-6-4-5-11(9-12)13(10-14)15-7-2-3-8-15/h4-6,9,13H,2-3,7-8,10,14H2,1H3/t13-/m0/s1. The highest BCUT2D eigenvalue weighted by molar-refractivity contribution is 5.30. The van der Waals surface area contributed by atoms with Gasteiger partial charge in [0.2, 0.25) is 0 Å². The number of nitrogens with zero attached hydrogens (tertiary/aromatic N) is 1. The van der Waals surface area contributed by atoms with Crippen molar-refractivity contribution >= 4 is 0 Å². The first-order valence-electron chi connectivity index (χ1n) is 5.93. The van der Waals surface area contributed by atoms with Gasteiger partial charge in [-0.1, -0.05) is 12.1 Å². The number of benzene rings is 1. The number of ether oxygens (including phenoxy) is 1. The summed E-state index contributed by atoms with van der Waals surface area (Å²) < 4.78 is 5.25. The van der Waals surface area contributed by atoms with Gasteiger partial charge in [-0.2, -0.15) is 0 Å². The topological polar surface area (TPSA) is 38.5 Å². The van der Waals surface area contributed by atoms with E-state index in [1.54, 1.807) is 7.11 Å². The van der Waals surface area contributed by atoms with E-state index in [1.165, 1.54) is 31.5 Å². The maximum atomic E-state index is 5.89. The Labute approximate surface area is 97.2 Å². The van der Waals surface area contributed by atoms with E-state index in [0.29, 0.717) is 12.6 Å². The molecule has 2 N–H and O–H groups in total. The average molecular weight is 220 g/mol. The predicted molar refractivity (Wildman–Crippen MR) is 65.6 cm³/mol. The molecular weight excluding hydrogens is 200 g/mol. The minimum Gasteiger partial charge on any atom is -0.497 e. The van der Waals surface area contributed by atoms with Gasteiger partial charge >= 0.3 is 0 Å². The summed E-state index contributed by atoms with van der Waals surface area (Å²) in [5.74, 6) is 0.912. The summed E-state index contributed by atoms with van der Waals surface area (Å²) in [7, 11) is 1.70.